The van der Waals surface area contributed by atoms with Gasteiger partial charge in [0.1, 0.15) is 19.0 Å². The van der Waals surface area contributed by atoms with E-state index in [4.69, 9.17) is 9.47 Å². The molecule has 0 amide bonds. The zero-order chi connectivity index (χ0) is 13.4. The predicted molar refractivity (Wildman–Crippen MR) is 75.1 cm³/mol. The topological polar surface area (TPSA) is 35.5 Å². The standard InChI is InChI=1S/C14H20O3S/c1-14(2,3)18-11-13(15)17-10-9-16-12-7-5-4-6-8-12/h4-8H,9-11H2,1-3H3. The van der Waals surface area contributed by atoms with Crippen LogP contribution in [0.2, 0.25) is 0 Å². The zero-order valence-electron chi connectivity index (χ0n) is 11.1. The van der Waals surface area contributed by atoms with E-state index in [0.717, 1.165) is 5.75 Å². The number of hydrogen-bond acceptors (Lipinski definition) is 4. The lowest BCUT2D eigenvalue weighted by Crippen LogP contribution is -2.17. The van der Waals surface area contributed by atoms with Crippen LogP contribution >= 0.6 is 11.8 Å². The maximum Gasteiger partial charge on any atom is 0.316 e. The van der Waals surface area contributed by atoms with Crippen molar-refractivity contribution in [2.45, 2.75) is 25.5 Å². The summed E-state index contributed by atoms with van der Waals surface area (Å²) in [5.74, 6) is 0.985. The molecule has 0 unspecified atom stereocenters. The lowest BCUT2D eigenvalue weighted by atomic mass is 10.3. The van der Waals surface area contributed by atoms with Gasteiger partial charge in [0.25, 0.3) is 0 Å². The number of thioether (sulfide) groups is 1. The summed E-state index contributed by atoms with van der Waals surface area (Å²) in [6, 6.07) is 9.48. The molecule has 0 aromatic heterocycles. The number of hydrogen-bond donors (Lipinski definition) is 0. The van der Waals surface area contributed by atoms with Crippen molar-refractivity contribution in [1.29, 1.82) is 0 Å². The van der Waals surface area contributed by atoms with Crippen molar-refractivity contribution in [3.8, 4) is 5.75 Å². The van der Waals surface area contributed by atoms with Gasteiger partial charge in [0.05, 0.1) is 5.75 Å². The molecule has 1 aromatic carbocycles. The van der Waals surface area contributed by atoms with Gasteiger partial charge in [-0.15, -0.1) is 11.8 Å². The van der Waals surface area contributed by atoms with Gasteiger partial charge in [0.15, 0.2) is 0 Å². The molecule has 18 heavy (non-hydrogen) atoms. The molecule has 0 atom stereocenters. The molecule has 1 aromatic rings. The van der Waals surface area contributed by atoms with Gasteiger partial charge >= 0.3 is 5.97 Å². The molecule has 0 fully saturated rings. The van der Waals surface area contributed by atoms with E-state index < -0.39 is 0 Å². The first-order valence-electron chi connectivity index (χ1n) is 5.95. The summed E-state index contributed by atoms with van der Waals surface area (Å²) in [5.41, 5.74) is 0. The van der Waals surface area contributed by atoms with Crippen molar-refractivity contribution in [3.63, 3.8) is 0 Å². The minimum Gasteiger partial charge on any atom is -0.490 e. The second-order valence-corrected chi connectivity index (χ2v) is 6.59. The summed E-state index contributed by atoms with van der Waals surface area (Å²) in [6.45, 7) is 6.89. The summed E-state index contributed by atoms with van der Waals surface area (Å²) < 4.78 is 10.6. The van der Waals surface area contributed by atoms with Crippen LogP contribution < -0.4 is 4.74 Å². The minimum absolute atomic E-state index is 0.0829. The third-order valence-corrected chi connectivity index (χ3v) is 3.23. The van der Waals surface area contributed by atoms with Crippen molar-refractivity contribution in [3.05, 3.63) is 30.3 Å². The molecular weight excluding hydrogens is 248 g/mol. The Hall–Kier alpha value is -1.16. The molecule has 0 spiro atoms. The number of para-hydroxylation sites is 1. The molecule has 0 aliphatic heterocycles. The number of esters is 1. The molecule has 0 aliphatic carbocycles. The smallest absolute Gasteiger partial charge is 0.316 e. The molecule has 1 rings (SSSR count). The Morgan fingerprint density at radius 3 is 2.44 bits per heavy atom. The van der Waals surface area contributed by atoms with Crippen LogP contribution in [0.3, 0.4) is 0 Å². The summed E-state index contributed by atoms with van der Waals surface area (Å²) in [7, 11) is 0. The quantitative estimate of drug-likeness (QED) is 0.586. The van der Waals surface area contributed by atoms with E-state index in [0.29, 0.717) is 19.0 Å². The van der Waals surface area contributed by atoms with E-state index in [1.807, 2.05) is 30.3 Å². The fraction of sp³-hybridized carbons (Fsp3) is 0.500. The first-order chi connectivity index (χ1) is 8.47. The Bertz CT molecular complexity index is 357. The first-order valence-corrected chi connectivity index (χ1v) is 6.93. The van der Waals surface area contributed by atoms with Crippen LogP contribution in [0.25, 0.3) is 0 Å². The van der Waals surface area contributed by atoms with Crippen LogP contribution in [-0.2, 0) is 9.53 Å². The monoisotopic (exact) mass is 268 g/mol. The van der Waals surface area contributed by atoms with Crippen molar-refractivity contribution in [2.24, 2.45) is 0 Å². The Kier molecular flexibility index (Phi) is 6.05. The molecule has 0 bridgehead atoms. The third-order valence-electron chi connectivity index (χ3n) is 1.98. The zero-order valence-corrected chi connectivity index (χ0v) is 12.0. The van der Waals surface area contributed by atoms with Gasteiger partial charge in [0, 0.05) is 4.75 Å². The highest BCUT2D eigenvalue weighted by atomic mass is 32.2. The van der Waals surface area contributed by atoms with Gasteiger partial charge in [-0.25, -0.2) is 0 Å². The summed E-state index contributed by atoms with van der Waals surface area (Å²) >= 11 is 1.58. The SMILES string of the molecule is CC(C)(C)SCC(=O)OCCOc1ccccc1. The first kappa shape index (κ1) is 14.9. The van der Waals surface area contributed by atoms with Gasteiger partial charge in [-0.1, -0.05) is 39.0 Å². The molecule has 0 saturated heterocycles. The highest BCUT2D eigenvalue weighted by Gasteiger charge is 2.13. The molecule has 0 N–H and O–H groups in total. The Balaban J connectivity index is 2.09. The van der Waals surface area contributed by atoms with Crippen molar-refractivity contribution in [2.75, 3.05) is 19.0 Å². The van der Waals surface area contributed by atoms with E-state index in [2.05, 4.69) is 20.8 Å². The molecule has 0 aliphatic rings. The maximum atomic E-state index is 11.4. The van der Waals surface area contributed by atoms with Crippen LogP contribution in [0.15, 0.2) is 30.3 Å². The number of ether oxygens (including phenoxy) is 2. The molecule has 4 heteroatoms. The third kappa shape index (κ3) is 7.22. The second kappa shape index (κ2) is 7.31. The second-order valence-electron chi connectivity index (χ2n) is 4.78. The van der Waals surface area contributed by atoms with Crippen LogP contribution in [0.5, 0.6) is 5.75 Å². The average molecular weight is 268 g/mol. The van der Waals surface area contributed by atoms with E-state index in [1.54, 1.807) is 11.8 Å². The van der Waals surface area contributed by atoms with E-state index >= 15 is 0 Å². The molecule has 0 heterocycles. The average Bonchev–Trinajstić information content (AvgIpc) is 2.33. The number of carbonyl (C=O) groups is 1. The van der Waals surface area contributed by atoms with Gasteiger partial charge in [-0.2, -0.15) is 0 Å². The van der Waals surface area contributed by atoms with Crippen LogP contribution in [0.1, 0.15) is 20.8 Å². The number of benzene rings is 1. The highest BCUT2D eigenvalue weighted by molar-refractivity contribution is 8.01. The number of rotatable bonds is 6. The van der Waals surface area contributed by atoms with Crippen LogP contribution in [0, 0.1) is 0 Å². The van der Waals surface area contributed by atoms with E-state index in [-0.39, 0.29) is 10.7 Å². The molecule has 100 valence electrons. The van der Waals surface area contributed by atoms with E-state index in [1.165, 1.54) is 0 Å². The summed E-state index contributed by atoms with van der Waals surface area (Å²) in [4.78, 5) is 11.4. The van der Waals surface area contributed by atoms with Crippen molar-refractivity contribution >= 4 is 17.7 Å². The molecular formula is C14H20O3S. The van der Waals surface area contributed by atoms with Gasteiger partial charge < -0.3 is 9.47 Å². The molecule has 0 saturated carbocycles. The lowest BCUT2D eigenvalue weighted by molar-refractivity contribution is -0.141. The maximum absolute atomic E-state index is 11.4. The molecule has 3 nitrogen and oxygen atoms in total. The normalized spacial score (nSPS) is 11.1. The van der Waals surface area contributed by atoms with Crippen molar-refractivity contribution in [1.82, 2.24) is 0 Å². The fourth-order valence-electron chi connectivity index (χ4n) is 1.15. The van der Waals surface area contributed by atoms with Crippen molar-refractivity contribution < 1.29 is 14.3 Å². The van der Waals surface area contributed by atoms with Gasteiger partial charge in [-0.3, -0.25) is 4.79 Å². The van der Waals surface area contributed by atoms with Crippen LogP contribution in [-0.4, -0.2) is 29.7 Å². The highest BCUT2D eigenvalue weighted by Crippen LogP contribution is 2.22. The minimum atomic E-state index is -0.188. The fourth-order valence-corrected chi connectivity index (χ4v) is 1.78. The Morgan fingerprint density at radius 1 is 1.17 bits per heavy atom. The lowest BCUT2D eigenvalue weighted by Gasteiger charge is -2.16. The summed E-state index contributed by atoms with van der Waals surface area (Å²) in [5, 5.41) is 0. The van der Waals surface area contributed by atoms with E-state index in [9.17, 15) is 4.79 Å². The summed E-state index contributed by atoms with van der Waals surface area (Å²) in [6.07, 6.45) is 0. The number of carbonyl (C=O) groups excluding carboxylic acids is 1. The van der Waals surface area contributed by atoms with Gasteiger partial charge in [-0.05, 0) is 12.1 Å². The predicted octanol–water partition coefficient (Wildman–Crippen LogP) is 3.14. The molecule has 0 radical (unpaired) electrons. The Morgan fingerprint density at radius 2 is 1.83 bits per heavy atom. The largest absolute Gasteiger partial charge is 0.490 e. The van der Waals surface area contributed by atoms with Crippen LogP contribution in [0.4, 0.5) is 0 Å². The Labute approximate surface area is 113 Å². The van der Waals surface area contributed by atoms with Gasteiger partial charge in [0.2, 0.25) is 0 Å².